The van der Waals surface area contributed by atoms with E-state index in [0.29, 0.717) is 5.76 Å². The molecule has 1 heterocycles. The molecule has 0 spiro atoms. The third-order valence-corrected chi connectivity index (χ3v) is 4.38. The average molecular weight is 398 g/mol. The van der Waals surface area contributed by atoms with E-state index in [2.05, 4.69) is 21.2 Å². The van der Waals surface area contributed by atoms with Gasteiger partial charge in [0.1, 0.15) is 5.76 Å². The van der Waals surface area contributed by atoms with Crippen LogP contribution in [0.15, 0.2) is 56.4 Å². The third kappa shape index (κ3) is 6.11. The number of thioether (sulfide) groups is 1. The van der Waals surface area contributed by atoms with Crippen LogP contribution in [0, 0.1) is 0 Å². The second-order valence-electron chi connectivity index (χ2n) is 4.67. The first-order chi connectivity index (χ1) is 11.0. The van der Waals surface area contributed by atoms with Gasteiger partial charge in [0.15, 0.2) is 6.10 Å². The summed E-state index contributed by atoms with van der Waals surface area (Å²) >= 11 is 4.71. The fourth-order valence-corrected chi connectivity index (χ4v) is 2.63. The van der Waals surface area contributed by atoms with E-state index >= 15 is 0 Å². The van der Waals surface area contributed by atoms with Gasteiger partial charge >= 0.3 is 5.97 Å². The lowest BCUT2D eigenvalue weighted by Gasteiger charge is -2.12. The van der Waals surface area contributed by atoms with E-state index in [1.54, 1.807) is 19.1 Å². The Labute approximate surface area is 146 Å². The first-order valence-electron chi connectivity index (χ1n) is 6.92. The van der Waals surface area contributed by atoms with Crippen molar-refractivity contribution < 1.29 is 18.7 Å². The highest BCUT2D eigenvalue weighted by molar-refractivity contribution is 9.10. The van der Waals surface area contributed by atoms with Gasteiger partial charge in [-0.1, -0.05) is 15.9 Å². The van der Waals surface area contributed by atoms with Crippen molar-refractivity contribution in [3.05, 3.63) is 52.9 Å². The summed E-state index contributed by atoms with van der Waals surface area (Å²) in [6.07, 6.45) is 0.688. The molecular formula is C16H16BrNO4S. The summed E-state index contributed by atoms with van der Waals surface area (Å²) in [6, 6.07) is 11.1. The van der Waals surface area contributed by atoms with Gasteiger partial charge in [-0.15, -0.1) is 11.8 Å². The van der Waals surface area contributed by atoms with Crippen molar-refractivity contribution in [1.29, 1.82) is 0 Å². The number of carbonyl (C=O) groups is 2. The molecular weight excluding hydrogens is 382 g/mol. The first-order valence-corrected chi connectivity index (χ1v) is 8.70. The van der Waals surface area contributed by atoms with Crippen LogP contribution in [0.1, 0.15) is 12.7 Å². The molecule has 23 heavy (non-hydrogen) atoms. The molecule has 1 N–H and O–H groups in total. The first kappa shape index (κ1) is 17.6. The van der Waals surface area contributed by atoms with Gasteiger partial charge in [0, 0.05) is 9.37 Å². The Hall–Kier alpha value is -1.73. The Morgan fingerprint density at radius 1 is 1.30 bits per heavy atom. The number of nitrogens with one attached hydrogen (secondary N) is 1. The molecule has 7 heteroatoms. The summed E-state index contributed by atoms with van der Waals surface area (Å²) in [5, 5.41) is 2.65. The Morgan fingerprint density at radius 3 is 2.70 bits per heavy atom. The number of benzene rings is 1. The highest BCUT2D eigenvalue weighted by atomic mass is 79.9. The number of furan rings is 1. The standard InChI is InChI=1S/C16H16BrNO4S/c1-11(16(20)18-9-13-3-2-8-21-13)22-15(19)10-23-14-6-4-12(17)5-7-14/h2-8,11H,9-10H2,1H3,(H,18,20)/t11-/m0/s1. The van der Waals surface area contributed by atoms with E-state index in [1.165, 1.54) is 18.0 Å². The predicted molar refractivity (Wildman–Crippen MR) is 91.0 cm³/mol. The molecule has 0 aliphatic carbocycles. The molecule has 1 aromatic carbocycles. The minimum atomic E-state index is -0.844. The number of ether oxygens (including phenoxy) is 1. The zero-order valence-corrected chi connectivity index (χ0v) is 14.9. The third-order valence-electron chi connectivity index (χ3n) is 2.86. The SMILES string of the molecule is C[C@H](OC(=O)CSc1ccc(Br)cc1)C(=O)NCc1ccco1. The van der Waals surface area contributed by atoms with Crippen molar-refractivity contribution in [2.24, 2.45) is 0 Å². The molecule has 1 aromatic heterocycles. The largest absolute Gasteiger partial charge is 0.467 e. The van der Waals surface area contributed by atoms with Crippen LogP contribution in [-0.4, -0.2) is 23.7 Å². The van der Waals surface area contributed by atoms with E-state index < -0.39 is 12.1 Å². The van der Waals surface area contributed by atoms with Gasteiger partial charge in [0.25, 0.3) is 5.91 Å². The molecule has 5 nitrogen and oxygen atoms in total. The summed E-state index contributed by atoms with van der Waals surface area (Å²) < 4.78 is 11.2. The van der Waals surface area contributed by atoms with Crippen LogP contribution in [0.5, 0.6) is 0 Å². The lowest BCUT2D eigenvalue weighted by atomic mass is 10.3. The Kier molecular flexibility index (Phi) is 6.73. The van der Waals surface area contributed by atoms with Gasteiger partial charge in [0.2, 0.25) is 0 Å². The maximum atomic E-state index is 11.8. The van der Waals surface area contributed by atoms with Crippen molar-refractivity contribution >= 4 is 39.6 Å². The normalized spacial score (nSPS) is 11.7. The smallest absolute Gasteiger partial charge is 0.317 e. The Bertz CT molecular complexity index is 643. The van der Waals surface area contributed by atoms with E-state index in [0.717, 1.165) is 9.37 Å². The number of esters is 1. The predicted octanol–water partition coefficient (Wildman–Crippen LogP) is 3.38. The molecule has 0 saturated carbocycles. The highest BCUT2D eigenvalue weighted by Gasteiger charge is 2.17. The zero-order valence-electron chi connectivity index (χ0n) is 12.5. The highest BCUT2D eigenvalue weighted by Crippen LogP contribution is 2.20. The van der Waals surface area contributed by atoms with Crippen LogP contribution in [0.3, 0.4) is 0 Å². The Balaban J connectivity index is 1.71. The van der Waals surface area contributed by atoms with Crippen LogP contribution in [-0.2, 0) is 20.9 Å². The second-order valence-corrected chi connectivity index (χ2v) is 6.64. The molecule has 2 aromatic rings. The number of rotatable bonds is 7. The number of carbonyl (C=O) groups excluding carboxylic acids is 2. The van der Waals surface area contributed by atoms with Crippen molar-refractivity contribution in [3.8, 4) is 0 Å². The van der Waals surface area contributed by atoms with Gasteiger partial charge in [-0.3, -0.25) is 9.59 Å². The van der Waals surface area contributed by atoms with Gasteiger partial charge in [-0.2, -0.15) is 0 Å². The molecule has 1 atom stereocenters. The van der Waals surface area contributed by atoms with Gasteiger partial charge in [0.05, 0.1) is 18.6 Å². The quantitative estimate of drug-likeness (QED) is 0.572. The molecule has 0 aliphatic rings. The molecule has 0 bridgehead atoms. The maximum Gasteiger partial charge on any atom is 0.317 e. The maximum absolute atomic E-state index is 11.8. The van der Waals surface area contributed by atoms with Gasteiger partial charge in [-0.25, -0.2) is 0 Å². The zero-order chi connectivity index (χ0) is 16.7. The minimum absolute atomic E-state index is 0.150. The van der Waals surface area contributed by atoms with Crippen molar-refractivity contribution in [2.75, 3.05) is 5.75 Å². The van der Waals surface area contributed by atoms with Crippen LogP contribution < -0.4 is 5.32 Å². The van der Waals surface area contributed by atoms with Crippen LogP contribution in [0.25, 0.3) is 0 Å². The summed E-state index contributed by atoms with van der Waals surface area (Å²) in [4.78, 5) is 24.6. The van der Waals surface area contributed by atoms with E-state index in [1.807, 2.05) is 24.3 Å². The summed E-state index contributed by atoms with van der Waals surface area (Å²) in [5.41, 5.74) is 0. The number of halogens is 1. The van der Waals surface area contributed by atoms with Crippen LogP contribution >= 0.6 is 27.7 Å². The van der Waals surface area contributed by atoms with Crippen LogP contribution in [0.4, 0.5) is 0 Å². The second kappa shape index (κ2) is 8.79. The topological polar surface area (TPSA) is 68.5 Å². The lowest BCUT2D eigenvalue weighted by molar-refractivity contribution is -0.152. The lowest BCUT2D eigenvalue weighted by Crippen LogP contribution is -2.35. The van der Waals surface area contributed by atoms with E-state index in [9.17, 15) is 9.59 Å². The summed E-state index contributed by atoms with van der Waals surface area (Å²) in [5.74, 6) is 0.00174. The fourth-order valence-electron chi connectivity index (χ4n) is 1.69. The number of amides is 1. The van der Waals surface area contributed by atoms with Crippen molar-refractivity contribution in [2.45, 2.75) is 24.5 Å². The molecule has 0 aliphatic heterocycles. The van der Waals surface area contributed by atoms with E-state index in [4.69, 9.17) is 9.15 Å². The van der Waals surface area contributed by atoms with Gasteiger partial charge < -0.3 is 14.5 Å². The molecule has 2 rings (SSSR count). The molecule has 0 saturated heterocycles. The Morgan fingerprint density at radius 2 is 2.04 bits per heavy atom. The van der Waals surface area contributed by atoms with Crippen molar-refractivity contribution in [3.63, 3.8) is 0 Å². The fraction of sp³-hybridized carbons (Fsp3) is 0.250. The summed E-state index contributed by atoms with van der Waals surface area (Å²) in [7, 11) is 0. The molecule has 0 unspecified atom stereocenters. The van der Waals surface area contributed by atoms with Crippen molar-refractivity contribution in [1.82, 2.24) is 5.32 Å². The monoisotopic (exact) mass is 397 g/mol. The molecule has 1 amide bonds. The number of hydrogen-bond acceptors (Lipinski definition) is 5. The molecule has 0 radical (unpaired) electrons. The molecule has 0 fully saturated rings. The van der Waals surface area contributed by atoms with Crippen LogP contribution in [0.2, 0.25) is 0 Å². The summed E-state index contributed by atoms with van der Waals surface area (Å²) in [6.45, 7) is 1.81. The average Bonchev–Trinajstić information content (AvgIpc) is 3.05. The van der Waals surface area contributed by atoms with E-state index in [-0.39, 0.29) is 18.2 Å². The minimum Gasteiger partial charge on any atom is -0.467 e. The molecule has 122 valence electrons. The number of hydrogen-bond donors (Lipinski definition) is 1. The van der Waals surface area contributed by atoms with Gasteiger partial charge in [-0.05, 0) is 43.3 Å².